The van der Waals surface area contributed by atoms with E-state index in [1.54, 1.807) is 13.0 Å². The van der Waals surface area contributed by atoms with Crippen LogP contribution in [-0.4, -0.2) is 34.3 Å². The van der Waals surface area contributed by atoms with Gasteiger partial charge in [-0.3, -0.25) is 4.79 Å². The molecule has 0 bridgehead atoms. The van der Waals surface area contributed by atoms with Crippen LogP contribution >= 0.6 is 23.2 Å². The fourth-order valence-corrected chi connectivity index (χ4v) is 2.81. The van der Waals surface area contributed by atoms with Crippen LogP contribution in [0, 0.1) is 6.92 Å². The van der Waals surface area contributed by atoms with Crippen molar-refractivity contribution in [2.45, 2.75) is 39.8 Å². The van der Waals surface area contributed by atoms with Crippen molar-refractivity contribution in [3.8, 4) is 0 Å². The summed E-state index contributed by atoms with van der Waals surface area (Å²) in [5.74, 6) is -1.04. The number of halogens is 2. The summed E-state index contributed by atoms with van der Waals surface area (Å²) in [6, 6.07) is 7.33. The van der Waals surface area contributed by atoms with Crippen LogP contribution in [0.4, 0.5) is 0 Å². The van der Waals surface area contributed by atoms with E-state index in [-0.39, 0.29) is 29.3 Å². The van der Waals surface area contributed by atoms with E-state index in [0.29, 0.717) is 17.3 Å². The second-order valence-electron chi connectivity index (χ2n) is 5.95. The number of hydrogen-bond donors (Lipinski definition) is 1. The number of ether oxygens (including phenoxy) is 1. The van der Waals surface area contributed by atoms with E-state index in [1.807, 2.05) is 32.0 Å². The standard InChI is InChI=1S/C18H21Cl2N3O3/c1-4-11(2)21-15(24)10-26-18(25)16-12(3)22-23(17(16)20)9-13-7-5-6-8-14(13)19/h5-8,11H,4,9-10H2,1-3H3,(H,21,24)/t11-/m1/s1. The zero-order chi connectivity index (χ0) is 19.3. The molecule has 0 saturated heterocycles. The first-order chi connectivity index (χ1) is 12.3. The molecule has 1 aromatic heterocycles. The molecule has 1 amide bonds. The lowest BCUT2D eigenvalue weighted by atomic mass is 10.2. The molecule has 2 rings (SSSR count). The highest BCUT2D eigenvalue weighted by Gasteiger charge is 2.23. The largest absolute Gasteiger partial charge is 0.452 e. The van der Waals surface area contributed by atoms with Gasteiger partial charge in [0.25, 0.3) is 5.91 Å². The van der Waals surface area contributed by atoms with E-state index in [4.69, 9.17) is 27.9 Å². The molecular formula is C18H21Cl2N3O3. The highest BCUT2D eigenvalue weighted by atomic mass is 35.5. The molecule has 26 heavy (non-hydrogen) atoms. The lowest BCUT2D eigenvalue weighted by molar-refractivity contribution is -0.124. The number of aryl methyl sites for hydroxylation is 1. The molecule has 0 spiro atoms. The number of nitrogens with one attached hydrogen (secondary N) is 1. The van der Waals surface area contributed by atoms with Crippen LogP contribution in [0.15, 0.2) is 24.3 Å². The van der Waals surface area contributed by atoms with E-state index in [1.165, 1.54) is 4.68 Å². The molecule has 1 atom stereocenters. The minimum Gasteiger partial charge on any atom is -0.452 e. The van der Waals surface area contributed by atoms with Gasteiger partial charge in [0.2, 0.25) is 0 Å². The van der Waals surface area contributed by atoms with E-state index in [2.05, 4.69) is 10.4 Å². The van der Waals surface area contributed by atoms with Gasteiger partial charge in [-0.2, -0.15) is 5.10 Å². The van der Waals surface area contributed by atoms with Crippen LogP contribution in [0.3, 0.4) is 0 Å². The molecule has 0 fully saturated rings. The minimum absolute atomic E-state index is 0.0184. The van der Waals surface area contributed by atoms with E-state index in [9.17, 15) is 9.59 Å². The number of carbonyl (C=O) groups excluding carboxylic acids is 2. The van der Waals surface area contributed by atoms with Crippen molar-refractivity contribution in [2.75, 3.05) is 6.61 Å². The van der Waals surface area contributed by atoms with Crippen molar-refractivity contribution in [1.82, 2.24) is 15.1 Å². The normalized spacial score (nSPS) is 11.9. The van der Waals surface area contributed by atoms with Crippen molar-refractivity contribution < 1.29 is 14.3 Å². The third-order valence-electron chi connectivity index (χ3n) is 3.90. The van der Waals surface area contributed by atoms with Crippen molar-refractivity contribution in [1.29, 1.82) is 0 Å². The van der Waals surface area contributed by atoms with E-state index >= 15 is 0 Å². The average molecular weight is 398 g/mol. The summed E-state index contributed by atoms with van der Waals surface area (Å²) in [4.78, 5) is 24.1. The molecule has 1 N–H and O–H groups in total. The zero-order valence-electron chi connectivity index (χ0n) is 14.9. The maximum Gasteiger partial charge on any atom is 0.343 e. The molecule has 0 aliphatic carbocycles. The summed E-state index contributed by atoms with van der Waals surface area (Å²) < 4.78 is 6.55. The number of benzene rings is 1. The van der Waals surface area contributed by atoms with Crippen molar-refractivity contribution in [3.63, 3.8) is 0 Å². The molecule has 0 aliphatic heterocycles. The number of esters is 1. The molecule has 6 nitrogen and oxygen atoms in total. The molecule has 140 valence electrons. The number of hydrogen-bond acceptors (Lipinski definition) is 4. The van der Waals surface area contributed by atoms with Gasteiger partial charge < -0.3 is 10.1 Å². The van der Waals surface area contributed by atoms with E-state index < -0.39 is 5.97 Å². The highest BCUT2D eigenvalue weighted by molar-refractivity contribution is 6.33. The average Bonchev–Trinajstić information content (AvgIpc) is 2.88. The Kier molecular flexibility index (Phi) is 7.06. The molecule has 0 saturated carbocycles. The number of aromatic nitrogens is 2. The Hall–Kier alpha value is -2.05. The van der Waals surface area contributed by atoms with Crippen LogP contribution in [-0.2, 0) is 16.1 Å². The Bertz CT molecular complexity index is 805. The summed E-state index contributed by atoms with van der Waals surface area (Å²) in [5, 5.41) is 7.74. The van der Waals surface area contributed by atoms with Gasteiger partial charge in [-0.25, -0.2) is 9.48 Å². The van der Waals surface area contributed by atoms with Crippen LogP contribution < -0.4 is 5.32 Å². The smallest absolute Gasteiger partial charge is 0.343 e. The topological polar surface area (TPSA) is 73.2 Å². The maximum absolute atomic E-state index is 12.3. The van der Waals surface area contributed by atoms with Gasteiger partial charge >= 0.3 is 5.97 Å². The number of nitrogens with zero attached hydrogens (tertiary/aromatic N) is 2. The summed E-state index contributed by atoms with van der Waals surface area (Å²) in [6.45, 7) is 5.44. The van der Waals surface area contributed by atoms with Gasteiger partial charge in [0.15, 0.2) is 6.61 Å². The molecule has 8 heteroatoms. The SMILES string of the molecule is CC[C@@H](C)NC(=O)COC(=O)c1c(C)nn(Cc2ccccc2Cl)c1Cl. The first-order valence-corrected chi connectivity index (χ1v) is 9.01. The predicted molar refractivity (Wildman–Crippen MR) is 101 cm³/mol. The maximum atomic E-state index is 12.3. The minimum atomic E-state index is -0.683. The lowest BCUT2D eigenvalue weighted by Crippen LogP contribution is -2.35. The Balaban J connectivity index is 2.08. The van der Waals surface area contributed by atoms with Crippen molar-refractivity contribution in [3.05, 3.63) is 51.3 Å². The second-order valence-corrected chi connectivity index (χ2v) is 6.72. The highest BCUT2D eigenvalue weighted by Crippen LogP contribution is 2.24. The lowest BCUT2D eigenvalue weighted by Gasteiger charge is -2.11. The van der Waals surface area contributed by atoms with E-state index in [0.717, 1.165) is 12.0 Å². The molecule has 0 aliphatic rings. The number of carbonyl (C=O) groups is 2. The molecule has 1 heterocycles. The third-order valence-corrected chi connectivity index (χ3v) is 4.65. The molecule has 0 radical (unpaired) electrons. The first kappa shape index (κ1) is 20.3. The van der Waals surface area contributed by atoms with Crippen LogP contribution in [0.25, 0.3) is 0 Å². The van der Waals surface area contributed by atoms with Gasteiger partial charge in [-0.1, -0.05) is 48.3 Å². The number of rotatable bonds is 7. The summed E-state index contributed by atoms with van der Waals surface area (Å²) in [5.41, 5.74) is 1.40. The fourth-order valence-electron chi connectivity index (χ4n) is 2.30. The molecular weight excluding hydrogens is 377 g/mol. The van der Waals surface area contributed by atoms with Gasteiger partial charge in [0.05, 0.1) is 12.2 Å². The quantitative estimate of drug-likeness (QED) is 0.724. The molecule has 2 aromatic rings. The van der Waals surface area contributed by atoms with Crippen molar-refractivity contribution in [2.24, 2.45) is 0 Å². The number of amides is 1. The van der Waals surface area contributed by atoms with Gasteiger partial charge in [0.1, 0.15) is 10.7 Å². The second kappa shape index (κ2) is 9.05. The van der Waals surface area contributed by atoms with Crippen LogP contribution in [0.1, 0.15) is 41.9 Å². The van der Waals surface area contributed by atoms with Gasteiger partial charge in [-0.05, 0) is 31.9 Å². The summed E-state index contributed by atoms with van der Waals surface area (Å²) >= 11 is 12.5. The zero-order valence-corrected chi connectivity index (χ0v) is 16.4. The van der Waals surface area contributed by atoms with Crippen molar-refractivity contribution >= 4 is 35.1 Å². The third kappa shape index (κ3) is 4.99. The molecule has 1 aromatic carbocycles. The fraction of sp³-hybridized carbons (Fsp3) is 0.389. The Morgan fingerprint density at radius 1 is 1.31 bits per heavy atom. The van der Waals surface area contributed by atoms with Crippen LogP contribution in [0.5, 0.6) is 0 Å². The summed E-state index contributed by atoms with van der Waals surface area (Å²) in [7, 11) is 0. The van der Waals surface area contributed by atoms with Gasteiger partial charge in [-0.15, -0.1) is 0 Å². The molecule has 0 unspecified atom stereocenters. The monoisotopic (exact) mass is 397 g/mol. The Morgan fingerprint density at radius 2 is 2.00 bits per heavy atom. The van der Waals surface area contributed by atoms with Gasteiger partial charge in [0, 0.05) is 11.1 Å². The Labute approximate surface area is 162 Å². The van der Waals surface area contributed by atoms with Crippen LogP contribution in [0.2, 0.25) is 10.2 Å². The summed E-state index contributed by atoms with van der Waals surface area (Å²) in [6.07, 6.45) is 0.791. The Morgan fingerprint density at radius 3 is 2.65 bits per heavy atom. The predicted octanol–water partition coefficient (Wildman–Crippen LogP) is 3.62. The first-order valence-electron chi connectivity index (χ1n) is 8.26.